The molecule has 1 aliphatic rings. The molecule has 1 fully saturated rings. The van der Waals surface area contributed by atoms with Gasteiger partial charge in [0.15, 0.2) is 0 Å². The van der Waals surface area contributed by atoms with E-state index in [0.717, 1.165) is 12.2 Å². The smallest absolute Gasteiger partial charge is 0.105 e. The maximum absolute atomic E-state index is 9.05. The molecule has 1 rings (SSSR count). The molecule has 1 saturated carbocycles. The average molecular weight is 169 g/mol. The molecule has 0 bridgehead atoms. The summed E-state index contributed by atoms with van der Waals surface area (Å²) < 4.78 is -0.0330. The molecular formula is C9H15NS. The fourth-order valence-electron chi connectivity index (χ4n) is 1.82. The summed E-state index contributed by atoms with van der Waals surface area (Å²) in [5.41, 5.74) is 0. The van der Waals surface area contributed by atoms with Crippen LogP contribution in [0.25, 0.3) is 0 Å². The first-order chi connectivity index (χ1) is 5.25. The van der Waals surface area contributed by atoms with Gasteiger partial charge < -0.3 is 0 Å². The quantitative estimate of drug-likeness (QED) is 0.634. The van der Waals surface area contributed by atoms with E-state index in [1.54, 1.807) is 0 Å². The summed E-state index contributed by atoms with van der Waals surface area (Å²) in [6, 6.07) is 2.49. The Morgan fingerprint density at radius 1 is 1.73 bits per heavy atom. The lowest BCUT2D eigenvalue weighted by molar-refractivity contribution is 0.554. The van der Waals surface area contributed by atoms with E-state index in [0.29, 0.717) is 5.92 Å². The molecule has 1 nitrogen and oxygen atoms in total. The summed E-state index contributed by atoms with van der Waals surface area (Å²) in [6.45, 7) is 4.34. The van der Waals surface area contributed by atoms with Crippen LogP contribution in [0.5, 0.6) is 0 Å². The predicted molar refractivity (Wildman–Crippen MR) is 49.5 cm³/mol. The molecule has 2 unspecified atom stereocenters. The third-order valence-electron chi connectivity index (χ3n) is 2.57. The average Bonchev–Trinajstić information content (AvgIpc) is 2.35. The summed E-state index contributed by atoms with van der Waals surface area (Å²) in [6.07, 6.45) is 3.57. The summed E-state index contributed by atoms with van der Waals surface area (Å²) in [4.78, 5) is 0. The van der Waals surface area contributed by atoms with Crippen molar-refractivity contribution in [3.63, 3.8) is 0 Å². The highest BCUT2D eigenvalue weighted by Crippen LogP contribution is 2.45. The lowest BCUT2D eigenvalue weighted by Crippen LogP contribution is -2.25. The number of nitriles is 1. The third-order valence-corrected chi connectivity index (χ3v) is 4.07. The number of thioether (sulfide) groups is 1. The lowest BCUT2D eigenvalue weighted by Gasteiger charge is -2.24. The molecule has 0 aromatic carbocycles. The highest BCUT2D eigenvalue weighted by molar-refractivity contribution is 8.00. The second-order valence-corrected chi connectivity index (χ2v) is 4.82. The maximum atomic E-state index is 9.05. The molecule has 11 heavy (non-hydrogen) atoms. The summed E-state index contributed by atoms with van der Waals surface area (Å²) >= 11 is 1.83. The minimum atomic E-state index is -0.0330. The van der Waals surface area contributed by atoms with Crippen LogP contribution in [-0.4, -0.2) is 10.5 Å². The van der Waals surface area contributed by atoms with Gasteiger partial charge in [0.1, 0.15) is 4.75 Å². The van der Waals surface area contributed by atoms with E-state index >= 15 is 0 Å². The molecule has 62 valence electrons. The zero-order valence-electron chi connectivity index (χ0n) is 7.26. The van der Waals surface area contributed by atoms with Gasteiger partial charge in [-0.15, -0.1) is 11.8 Å². The molecule has 0 aromatic heterocycles. The van der Waals surface area contributed by atoms with Gasteiger partial charge in [-0.2, -0.15) is 5.26 Å². The molecule has 0 spiro atoms. The third kappa shape index (κ3) is 1.54. The number of hydrogen-bond acceptors (Lipinski definition) is 2. The van der Waals surface area contributed by atoms with Gasteiger partial charge in [-0.1, -0.05) is 20.3 Å². The van der Waals surface area contributed by atoms with Crippen molar-refractivity contribution in [1.29, 1.82) is 5.26 Å². The Balaban J connectivity index is 2.67. The van der Waals surface area contributed by atoms with Crippen LogP contribution in [0.3, 0.4) is 0 Å². The van der Waals surface area contributed by atoms with Crippen LogP contribution in [0.15, 0.2) is 0 Å². The molecule has 0 aromatic rings. The number of nitrogens with zero attached hydrogens (tertiary/aromatic N) is 1. The van der Waals surface area contributed by atoms with E-state index in [2.05, 4.69) is 19.9 Å². The minimum absolute atomic E-state index is 0.0330. The highest BCUT2D eigenvalue weighted by Gasteiger charge is 2.40. The van der Waals surface area contributed by atoms with Gasteiger partial charge in [0, 0.05) is 0 Å². The van der Waals surface area contributed by atoms with Gasteiger partial charge in [0.2, 0.25) is 0 Å². The summed E-state index contributed by atoms with van der Waals surface area (Å²) in [5, 5.41) is 9.05. The van der Waals surface area contributed by atoms with E-state index in [-0.39, 0.29) is 4.75 Å². The monoisotopic (exact) mass is 169 g/mol. The zero-order valence-corrected chi connectivity index (χ0v) is 8.08. The normalized spacial score (nSPS) is 37.0. The van der Waals surface area contributed by atoms with Gasteiger partial charge in [-0.25, -0.2) is 0 Å². The van der Waals surface area contributed by atoms with Crippen molar-refractivity contribution in [2.45, 2.75) is 37.9 Å². The molecule has 0 radical (unpaired) electrons. The SMILES string of the molecule is CCSC1(C#N)CCCC1C. The van der Waals surface area contributed by atoms with Crippen LogP contribution < -0.4 is 0 Å². The fraction of sp³-hybridized carbons (Fsp3) is 0.889. The maximum Gasteiger partial charge on any atom is 0.105 e. The summed E-state index contributed by atoms with van der Waals surface area (Å²) in [5.74, 6) is 1.66. The van der Waals surface area contributed by atoms with Crippen molar-refractivity contribution < 1.29 is 0 Å². The van der Waals surface area contributed by atoms with E-state index < -0.39 is 0 Å². The van der Waals surface area contributed by atoms with Gasteiger partial charge in [-0.05, 0) is 24.5 Å². The molecule has 0 heterocycles. The van der Waals surface area contributed by atoms with Crippen molar-refractivity contribution in [3.8, 4) is 6.07 Å². The number of rotatable bonds is 2. The Morgan fingerprint density at radius 3 is 2.82 bits per heavy atom. The van der Waals surface area contributed by atoms with E-state index in [9.17, 15) is 0 Å². The zero-order chi connectivity index (χ0) is 8.32. The molecule has 2 heteroatoms. The molecule has 0 amide bonds. The fourth-order valence-corrected chi connectivity index (χ4v) is 3.09. The van der Waals surface area contributed by atoms with E-state index in [1.807, 2.05) is 11.8 Å². The standard InChI is InChI=1S/C9H15NS/c1-3-11-9(7-10)6-4-5-8(9)2/h8H,3-6H2,1-2H3. The number of hydrogen-bond donors (Lipinski definition) is 0. The Labute approximate surface area is 73.2 Å². The molecule has 0 saturated heterocycles. The van der Waals surface area contributed by atoms with Crippen LogP contribution in [0.2, 0.25) is 0 Å². The van der Waals surface area contributed by atoms with Gasteiger partial charge in [-0.3, -0.25) is 0 Å². The van der Waals surface area contributed by atoms with E-state index in [1.165, 1.54) is 12.8 Å². The van der Waals surface area contributed by atoms with Crippen molar-refractivity contribution in [2.24, 2.45) is 5.92 Å². The van der Waals surface area contributed by atoms with Crippen molar-refractivity contribution in [3.05, 3.63) is 0 Å². The molecule has 2 atom stereocenters. The van der Waals surface area contributed by atoms with Crippen LogP contribution in [0.1, 0.15) is 33.1 Å². The van der Waals surface area contributed by atoms with Crippen molar-refractivity contribution in [1.82, 2.24) is 0 Å². The second-order valence-electron chi connectivity index (χ2n) is 3.23. The minimum Gasteiger partial charge on any atom is -0.197 e. The van der Waals surface area contributed by atoms with Gasteiger partial charge >= 0.3 is 0 Å². The van der Waals surface area contributed by atoms with Crippen molar-refractivity contribution >= 4 is 11.8 Å². The Bertz CT molecular complexity index is 173. The first-order valence-corrected chi connectivity index (χ1v) is 5.29. The predicted octanol–water partition coefficient (Wildman–Crippen LogP) is 2.82. The van der Waals surface area contributed by atoms with Gasteiger partial charge in [0.25, 0.3) is 0 Å². The Morgan fingerprint density at radius 2 is 2.45 bits per heavy atom. The first-order valence-electron chi connectivity index (χ1n) is 4.30. The Hall–Kier alpha value is -0.160. The van der Waals surface area contributed by atoms with Crippen LogP contribution >= 0.6 is 11.8 Å². The molecule has 0 aliphatic heterocycles. The largest absolute Gasteiger partial charge is 0.197 e. The first kappa shape index (κ1) is 8.93. The van der Waals surface area contributed by atoms with E-state index in [4.69, 9.17) is 5.26 Å². The van der Waals surface area contributed by atoms with Crippen LogP contribution in [0.4, 0.5) is 0 Å². The molecular weight excluding hydrogens is 154 g/mol. The molecule has 0 N–H and O–H groups in total. The highest BCUT2D eigenvalue weighted by atomic mass is 32.2. The molecule has 1 aliphatic carbocycles. The van der Waals surface area contributed by atoms with Crippen molar-refractivity contribution in [2.75, 3.05) is 5.75 Å². The second kappa shape index (κ2) is 3.49. The topological polar surface area (TPSA) is 23.8 Å². The van der Waals surface area contributed by atoms with Crippen LogP contribution in [0, 0.1) is 17.2 Å². The Kier molecular flexibility index (Phi) is 2.84. The van der Waals surface area contributed by atoms with Gasteiger partial charge in [0.05, 0.1) is 6.07 Å². The van der Waals surface area contributed by atoms with Crippen LogP contribution in [-0.2, 0) is 0 Å². The lowest BCUT2D eigenvalue weighted by atomic mass is 9.99. The summed E-state index contributed by atoms with van der Waals surface area (Å²) in [7, 11) is 0.